The van der Waals surface area contributed by atoms with Crippen LogP contribution in [0.1, 0.15) is 10.5 Å². The number of rotatable bonds is 3. The Morgan fingerprint density at radius 2 is 2.24 bits per heavy atom. The molecule has 2 aromatic heterocycles. The van der Waals surface area contributed by atoms with Crippen LogP contribution in [0, 0.1) is 0 Å². The summed E-state index contributed by atoms with van der Waals surface area (Å²) < 4.78 is 0. The van der Waals surface area contributed by atoms with Crippen LogP contribution in [0.15, 0.2) is 24.5 Å². The number of nitrogens with zero attached hydrogens (tertiary/aromatic N) is 2. The van der Waals surface area contributed by atoms with Gasteiger partial charge in [-0.3, -0.25) is 9.78 Å². The number of hydrogen-bond donors (Lipinski definition) is 3. The number of aromatic hydroxyl groups is 1. The quantitative estimate of drug-likeness (QED) is 0.696. The highest BCUT2D eigenvalue weighted by Crippen LogP contribution is 2.24. The molecule has 0 radical (unpaired) electrons. The summed E-state index contributed by atoms with van der Waals surface area (Å²) in [4.78, 5) is 19.5. The Morgan fingerprint density at radius 1 is 1.41 bits per heavy atom. The van der Waals surface area contributed by atoms with E-state index < -0.39 is 5.91 Å². The third-order valence-corrected chi connectivity index (χ3v) is 2.23. The highest BCUT2D eigenvalue weighted by atomic mass is 16.3. The second-order valence-corrected chi connectivity index (χ2v) is 3.38. The van der Waals surface area contributed by atoms with E-state index in [1.807, 2.05) is 0 Å². The molecular formula is C11H11N3O3. The van der Waals surface area contributed by atoms with Crippen molar-refractivity contribution in [2.24, 2.45) is 0 Å². The molecule has 2 aromatic rings. The molecule has 17 heavy (non-hydrogen) atoms. The molecule has 88 valence electrons. The molecule has 0 aliphatic carbocycles. The van der Waals surface area contributed by atoms with Crippen LogP contribution >= 0.6 is 0 Å². The molecule has 0 fully saturated rings. The van der Waals surface area contributed by atoms with Gasteiger partial charge in [-0.25, -0.2) is 4.98 Å². The molecule has 0 unspecified atom stereocenters. The third-order valence-electron chi connectivity index (χ3n) is 2.23. The zero-order valence-electron chi connectivity index (χ0n) is 8.92. The molecule has 3 N–H and O–H groups in total. The lowest BCUT2D eigenvalue weighted by Crippen LogP contribution is -2.27. The van der Waals surface area contributed by atoms with Gasteiger partial charge >= 0.3 is 0 Å². The molecule has 6 nitrogen and oxygen atoms in total. The van der Waals surface area contributed by atoms with Gasteiger partial charge in [0.15, 0.2) is 11.4 Å². The Bertz CT molecular complexity index is 557. The van der Waals surface area contributed by atoms with Crippen LogP contribution in [-0.2, 0) is 0 Å². The van der Waals surface area contributed by atoms with Crippen molar-refractivity contribution in [3.63, 3.8) is 0 Å². The van der Waals surface area contributed by atoms with E-state index in [1.54, 1.807) is 12.1 Å². The molecular weight excluding hydrogens is 222 g/mol. The molecule has 0 saturated heterocycles. The third kappa shape index (κ3) is 2.16. The van der Waals surface area contributed by atoms with Gasteiger partial charge in [0.05, 0.1) is 6.61 Å². The maximum Gasteiger partial charge on any atom is 0.273 e. The van der Waals surface area contributed by atoms with E-state index in [0.29, 0.717) is 10.9 Å². The standard InChI is InChI=1S/C11H11N3O3/c15-5-4-13-11(17)9-10(16)8-7(6-14-9)2-1-3-12-8/h1-3,6,15-16H,4-5H2,(H,13,17). The fraction of sp³-hybridized carbons (Fsp3) is 0.182. The van der Waals surface area contributed by atoms with Gasteiger partial charge in [0, 0.05) is 24.3 Å². The summed E-state index contributed by atoms with van der Waals surface area (Å²) in [6.45, 7) is -0.0570. The minimum atomic E-state index is -0.538. The predicted molar refractivity (Wildman–Crippen MR) is 60.6 cm³/mol. The van der Waals surface area contributed by atoms with Crippen molar-refractivity contribution in [3.05, 3.63) is 30.2 Å². The lowest BCUT2D eigenvalue weighted by atomic mass is 10.2. The van der Waals surface area contributed by atoms with Crippen molar-refractivity contribution >= 4 is 16.8 Å². The minimum absolute atomic E-state index is 0.0929. The highest BCUT2D eigenvalue weighted by molar-refractivity contribution is 6.00. The lowest BCUT2D eigenvalue weighted by Gasteiger charge is -2.06. The summed E-state index contributed by atoms with van der Waals surface area (Å²) in [6.07, 6.45) is 2.99. The van der Waals surface area contributed by atoms with Gasteiger partial charge in [-0.1, -0.05) is 0 Å². The Kier molecular flexibility index (Phi) is 3.15. The van der Waals surface area contributed by atoms with Gasteiger partial charge in [-0.2, -0.15) is 0 Å². The second-order valence-electron chi connectivity index (χ2n) is 3.38. The van der Waals surface area contributed by atoms with E-state index in [2.05, 4.69) is 15.3 Å². The first-order valence-corrected chi connectivity index (χ1v) is 5.06. The molecule has 0 bridgehead atoms. The number of aliphatic hydroxyl groups is 1. The molecule has 2 heterocycles. The topological polar surface area (TPSA) is 95.3 Å². The van der Waals surface area contributed by atoms with Gasteiger partial charge in [-0.05, 0) is 12.1 Å². The molecule has 0 aliphatic rings. The number of fused-ring (bicyclic) bond motifs is 1. The number of aliphatic hydroxyl groups excluding tert-OH is 1. The maximum atomic E-state index is 11.6. The summed E-state index contributed by atoms with van der Waals surface area (Å²) in [5.74, 6) is -0.789. The molecule has 6 heteroatoms. The summed E-state index contributed by atoms with van der Waals surface area (Å²) in [5.41, 5.74) is 0.237. The molecule has 0 aliphatic heterocycles. The zero-order valence-corrected chi connectivity index (χ0v) is 8.92. The van der Waals surface area contributed by atoms with Crippen molar-refractivity contribution in [1.82, 2.24) is 15.3 Å². The van der Waals surface area contributed by atoms with Crippen molar-refractivity contribution in [2.75, 3.05) is 13.2 Å². The number of nitrogens with one attached hydrogen (secondary N) is 1. The Balaban J connectivity index is 2.42. The first kappa shape index (κ1) is 11.3. The van der Waals surface area contributed by atoms with Crippen molar-refractivity contribution in [2.45, 2.75) is 0 Å². The van der Waals surface area contributed by atoms with Crippen LogP contribution in [0.4, 0.5) is 0 Å². The Morgan fingerprint density at radius 3 is 3.00 bits per heavy atom. The summed E-state index contributed by atoms with van der Waals surface area (Å²) in [6, 6.07) is 3.46. The van der Waals surface area contributed by atoms with E-state index in [-0.39, 0.29) is 24.6 Å². The number of carbonyl (C=O) groups is 1. The van der Waals surface area contributed by atoms with Crippen LogP contribution in [0.3, 0.4) is 0 Å². The molecule has 0 spiro atoms. The monoisotopic (exact) mass is 233 g/mol. The van der Waals surface area contributed by atoms with Gasteiger partial charge in [0.1, 0.15) is 5.52 Å². The van der Waals surface area contributed by atoms with Crippen LogP contribution < -0.4 is 5.32 Å². The average molecular weight is 233 g/mol. The van der Waals surface area contributed by atoms with Crippen LogP contribution in [0.25, 0.3) is 10.9 Å². The van der Waals surface area contributed by atoms with Crippen molar-refractivity contribution in [3.8, 4) is 5.75 Å². The molecule has 0 aromatic carbocycles. The zero-order chi connectivity index (χ0) is 12.3. The van der Waals surface area contributed by atoms with Gasteiger partial charge in [-0.15, -0.1) is 0 Å². The number of amides is 1. The molecule has 1 amide bonds. The van der Waals surface area contributed by atoms with E-state index >= 15 is 0 Å². The minimum Gasteiger partial charge on any atom is -0.504 e. The van der Waals surface area contributed by atoms with E-state index in [1.165, 1.54) is 12.4 Å². The van der Waals surface area contributed by atoms with Crippen LogP contribution in [0.2, 0.25) is 0 Å². The maximum absolute atomic E-state index is 11.6. The van der Waals surface area contributed by atoms with Gasteiger partial charge in [0.2, 0.25) is 0 Å². The van der Waals surface area contributed by atoms with Crippen LogP contribution in [-0.4, -0.2) is 39.2 Å². The predicted octanol–water partition coefficient (Wildman–Crippen LogP) is 0.0575. The van der Waals surface area contributed by atoms with Gasteiger partial charge < -0.3 is 15.5 Å². The fourth-order valence-corrected chi connectivity index (χ4v) is 1.45. The molecule has 0 atom stereocenters. The summed E-state index contributed by atoms with van der Waals surface area (Å²) >= 11 is 0. The number of hydrogen-bond acceptors (Lipinski definition) is 5. The van der Waals surface area contributed by atoms with E-state index in [9.17, 15) is 9.90 Å². The van der Waals surface area contributed by atoms with Crippen molar-refractivity contribution in [1.29, 1.82) is 0 Å². The number of aromatic nitrogens is 2. The lowest BCUT2D eigenvalue weighted by molar-refractivity contribution is 0.0937. The second kappa shape index (κ2) is 4.75. The Hall–Kier alpha value is -2.21. The van der Waals surface area contributed by atoms with Crippen LogP contribution in [0.5, 0.6) is 5.75 Å². The molecule has 0 saturated carbocycles. The smallest absolute Gasteiger partial charge is 0.273 e. The van der Waals surface area contributed by atoms with E-state index in [4.69, 9.17) is 5.11 Å². The molecule has 2 rings (SSSR count). The number of carbonyl (C=O) groups excluding carboxylic acids is 1. The van der Waals surface area contributed by atoms with E-state index in [0.717, 1.165) is 0 Å². The number of pyridine rings is 2. The summed E-state index contributed by atoms with van der Waals surface area (Å²) in [5, 5.41) is 21.5. The SMILES string of the molecule is O=C(NCCO)c1ncc2cccnc2c1O. The van der Waals surface area contributed by atoms with Gasteiger partial charge in [0.25, 0.3) is 5.91 Å². The average Bonchev–Trinajstić information content (AvgIpc) is 2.37. The fourth-order valence-electron chi connectivity index (χ4n) is 1.45. The summed E-state index contributed by atoms with van der Waals surface area (Å²) in [7, 11) is 0. The normalized spacial score (nSPS) is 10.4. The largest absolute Gasteiger partial charge is 0.504 e. The Labute approximate surface area is 96.9 Å². The van der Waals surface area contributed by atoms with Crippen molar-refractivity contribution < 1.29 is 15.0 Å². The first-order valence-electron chi connectivity index (χ1n) is 5.06. The first-order chi connectivity index (χ1) is 8.24. The highest BCUT2D eigenvalue weighted by Gasteiger charge is 2.15.